The van der Waals surface area contributed by atoms with Gasteiger partial charge >= 0.3 is 0 Å². The van der Waals surface area contributed by atoms with Gasteiger partial charge in [-0.05, 0) is 25.0 Å². The molecule has 0 atom stereocenters. The molecular formula is C18H21N7. The molecule has 1 saturated carbocycles. The first-order valence-corrected chi connectivity index (χ1v) is 8.33. The van der Waals surface area contributed by atoms with E-state index in [2.05, 4.69) is 42.5 Å². The van der Waals surface area contributed by atoms with Gasteiger partial charge in [0.25, 0.3) is 0 Å². The first kappa shape index (κ1) is 15.4. The van der Waals surface area contributed by atoms with Crippen LogP contribution < -0.4 is 16.0 Å². The molecule has 1 aromatic carbocycles. The summed E-state index contributed by atoms with van der Waals surface area (Å²) >= 11 is 0. The average molecular weight is 335 g/mol. The number of hydrogen-bond donors (Lipinski definition) is 3. The van der Waals surface area contributed by atoms with Crippen molar-refractivity contribution >= 4 is 23.3 Å². The van der Waals surface area contributed by atoms with E-state index in [0.717, 1.165) is 22.8 Å². The van der Waals surface area contributed by atoms with Crippen LogP contribution in [0.25, 0.3) is 11.3 Å². The smallest absolute Gasteiger partial charge is 0.222 e. The molecule has 3 aromatic rings. The van der Waals surface area contributed by atoms with Gasteiger partial charge in [0.2, 0.25) is 5.95 Å². The molecule has 2 heterocycles. The summed E-state index contributed by atoms with van der Waals surface area (Å²) in [6, 6.07) is 12.1. The van der Waals surface area contributed by atoms with Crippen LogP contribution in [0.15, 0.2) is 36.4 Å². The van der Waals surface area contributed by atoms with Gasteiger partial charge in [-0.3, -0.25) is 5.10 Å². The molecule has 7 heteroatoms. The molecule has 1 aliphatic rings. The number of anilines is 4. The molecule has 0 aliphatic heterocycles. The van der Waals surface area contributed by atoms with Gasteiger partial charge < -0.3 is 16.0 Å². The molecule has 0 amide bonds. The summed E-state index contributed by atoms with van der Waals surface area (Å²) in [5.74, 6) is 2.24. The van der Waals surface area contributed by atoms with E-state index in [9.17, 15) is 0 Å². The molecule has 4 rings (SSSR count). The van der Waals surface area contributed by atoms with E-state index in [1.165, 1.54) is 18.5 Å². The monoisotopic (exact) mass is 335 g/mol. The Kier molecular flexibility index (Phi) is 3.76. The topological polar surface area (TPSA) is 95.8 Å². The number of nitrogen functional groups attached to an aromatic ring is 1. The fourth-order valence-electron chi connectivity index (χ4n) is 2.74. The zero-order valence-electron chi connectivity index (χ0n) is 14.3. The van der Waals surface area contributed by atoms with Gasteiger partial charge in [0, 0.05) is 49.1 Å². The van der Waals surface area contributed by atoms with E-state index in [0.29, 0.717) is 11.7 Å². The molecule has 0 bridgehead atoms. The Hall–Kier alpha value is -3.09. The van der Waals surface area contributed by atoms with Crippen LogP contribution in [0.1, 0.15) is 24.5 Å². The number of hydrogen-bond acceptors (Lipinski definition) is 6. The van der Waals surface area contributed by atoms with Crippen LogP contribution in [0.2, 0.25) is 0 Å². The number of nitrogens with two attached hydrogens (primary N) is 1. The van der Waals surface area contributed by atoms with Crippen LogP contribution in [-0.2, 0) is 0 Å². The van der Waals surface area contributed by atoms with Gasteiger partial charge in [-0.1, -0.05) is 12.1 Å². The second kappa shape index (κ2) is 6.08. The van der Waals surface area contributed by atoms with Gasteiger partial charge in [0.05, 0.1) is 5.69 Å². The lowest BCUT2D eigenvalue weighted by Gasteiger charge is -2.13. The van der Waals surface area contributed by atoms with E-state index in [1.807, 2.05) is 38.4 Å². The minimum absolute atomic E-state index is 0.231. The summed E-state index contributed by atoms with van der Waals surface area (Å²) in [5.41, 5.74) is 9.96. The highest BCUT2D eigenvalue weighted by Crippen LogP contribution is 2.39. The van der Waals surface area contributed by atoms with Crippen LogP contribution >= 0.6 is 0 Å². The van der Waals surface area contributed by atoms with Crippen molar-refractivity contribution in [1.82, 2.24) is 20.2 Å². The molecule has 4 N–H and O–H groups in total. The number of rotatable bonds is 5. The quantitative estimate of drug-likeness (QED) is 0.663. The molecule has 1 fully saturated rings. The minimum Gasteiger partial charge on any atom is -0.378 e. The van der Waals surface area contributed by atoms with Crippen molar-refractivity contribution in [2.45, 2.75) is 18.8 Å². The lowest BCUT2D eigenvalue weighted by atomic mass is 10.1. The van der Waals surface area contributed by atoms with Gasteiger partial charge in [-0.15, -0.1) is 0 Å². The zero-order chi connectivity index (χ0) is 17.4. The Balaban J connectivity index is 1.58. The first-order chi connectivity index (χ1) is 12.1. The van der Waals surface area contributed by atoms with Crippen molar-refractivity contribution in [3.05, 3.63) is 42.1 Å². The number of aromatic nitrogens is 4. The predicted octanol–water partition coefficient (Wildman–Crippen LogP) is 3.14. The molecule has 0 radical (unpaired) electrons. The fourth-order valence-corrected chi connectivity index (χ4v) is 2.74. The Morgan fingerprint density at radius 1 is 1.08 bits per heavy atom. The number of H-pyrrole nitrogens is 1. The van der Waals surface area contributed by atoms with Crippen molar-refractivity contribution in [1.29, 1.82) is 0 Å². The molecular weight excluding hydrogens is 314 g/mol. The molecule has 128 valence electrons. The lowest BCUT2D eigenvalue weighted by Crippen LogP contribution is -2.08. The molecule has 25 heavy (non-hydrogen) atoms. The maximum Gasteiger partial charge on any atom is 0.222 e. The highest BCUT2D eigenvalue weighted by atomic mass is 15.2. The second-order valence-electron chi connectivity index (χ2n) is 6.55. The van der Waals surface area contributed by atoms with Gasteiger partial charge in [-0.25, -0.2) is 4.98 Å². The highest BCUT2D eigenvalue weighted by Gasteiger charge is 2.25. The Labute approximate surface area is 146 Å². The summed E-state index contributed by atoms with van der Waals surface area (Å²) in [6.45, 7) is 0. The molecule has 0 spiro atoms. The number of benzene rings is 1. The number of nitrogens with one attached hydrogen (secondary N) is 2. The van der Waals surface area contributed by atoms with E-state index in [4.69, 9.17) is 5.73 Å². The Morgan fingerprint density at radius 2 is 1.84 bits per heavy atom. The molecule has 1 aliphatic carbocycles. The molecule has 2 aromatic heterocycles. The summed E-state index contributed by atoms with van der Waals surface area (Å²) in [4.78, 5) is 10.7. The first-order valence-electron chi connectivity index (χ1n) is 8.33. The summed E-state index contributed by atoms with van der Waals surface area (Å²) in [5, 5.41) is 10.6. The van der Waals surface area contributed by atoms with Gasteiger partial charge in [-0.2, -0.15) is 10.1 Å². The number of nitrogens with zero attached hydrogens (tertiary/aromatic N) is 4. The molecule has 0 unspecified atom stereocenters. The lowest BCUT2D eigenvalue weighted by molar-refractivity contribution is 0.966. The average Bonchev–Trinajstić information content (AvgIpc) is 3.34. The van der Waals surface area contributed by atoms with Gasteiger partial charge in [0.1, 0.15) is 5.82 Å². The predicted molar refractivity (Wildman–Crippen MR) is 100 cm³/mol. The van der Waals surface area contributed by atoms with Crippen molar-refractivity contribution in [2.75, 3.05) is 30.0 Å². The number of aromatic amines is 1. The molecule has 0 saturated heterocycles. The maximum atomic E-state index is 5.89. The standard InChI is InChI=1S/C18H21N7/c1-25(2)13-7-5-11(6-8-13)14-9-16(22-18(19)20-14)21-17-10-15(23-24-17)12-3-4-12/h5-10,12H,3-4H2,1-2H3,(H4,19,20,21,22,23,24). The van der Waals surface area contributed by atoms with E-state index in [1.54, 1.807) is 0 Å². The SMILES string of the molecule is CN(C)c1ccc(-c2cc(Nc3cc(C4CC4)[nH]n3)nc(N)n2)cc1. The minimum atomic E-state index is 0.231. The van der Waals surface area contributed by atoms with E-state index >= 15 is 0 Å². The van der Waals surface area contributed by atoms with Crippen molar-refractivity contribution < 1.29 is 0 Å². The maximum absolute atomic E-state index is 5.89. The van der Waals surface area contributed by atoms with E-state index < -0.39 is 0 Å². The van der Waals surface area contributed by atoms with Crippen molar-refractivity contribution in [3.63, 3.8) is 0 Å². The van der Waals surface area contributed by atoms with Crippen molar-refractivity contribution in [2.24, 2.45) is 0 Å². The summed E-state index contributed by atoms with van der Waals surface area (Å²) < 4.78 is 0. The second-order valence-corrected chi connectivity index (χ2v) is 6.55. The third kappa shape index (κ3) is 3.40. The van der Waals surface area contributed by atoms with Crippen LogP contribution in [0.3, 0.4) is 0 Å². The third-order valence-electron chi connectivity index (χ3n) is 4.29. The van der Waals surface area contributed by atoms with Crippen LogP contribution in [0, 0.1) is 0 Å². The summed E-state index contributed by atoms with van der Waals surface area (Å²) in [7, 11) is 4.03. The van der Waals surface area contributed by atoms with Crippen molar-refractivity contribution in [3.8, 4) is 11.3 Å². The normalized spacial score (nSPS) is 13.7. The van der Waals surface area contributed by atoms with Crippen LogP contribution in [0.4, 0.5) is 23.3 Å². The Bertz CT molecular complexity index is 879. The largest absolute Gasteiger partial charge is 0.378 e. The van der Waals surface area contributed by atoms with Gasteiger partial charge in [0.15, 0.2) is 5.82 Å². The fraction of sp³-hybridized carbons (Fsp3) is 0.278. The van der Waals surface area contributed by atoms with E-state index in [-0.39, 0.29) is 5.95 Å². The molecule has 7 nitrogen and oxygen atoms in total. The third-order valence-corrected chi connectivity index (χ3v) is 4.29. The van der Waals surface area contributed by atoms with Crippen LogP contribution in [0.5, 0.6) is 0 Å². The summed E-state index contributed by atoms with van der Waals surface area (Å²) in [6.07, 6.45) is 2.46. The Morgan fingerprint density at radius 3 is 2.52 bits per heavy atom. The highest BCUT2D eigenvalue weighted by molar-refractivity contribution is 5.68. The zero-order valence-corrected chi connectivity index (χ0v) is 14.3. The van der Waals surface area contributed by atoms with Crippen LogP contribution in [-0.4, -0.2) is 34.3 Å².